The van der Waals surface area contributed by atoms with Gasteiger partial charge in [0, 0.05) is 5.69 Å². The van der Waals surface area contributed by atoms with Crippen molar-refractivity contribution in [2.45, 2.75) is 19.9 Å². The number of amides is 1. The van der Waals surface area contributed by atoms with Gasteiger partial charge in [0.25, 0.3) is 5.91 Å². The van der Waals surface area contributed by atoms with Gasteiger partial charge in [-0.15, -0.1) is 0 Å². The van der Waals surface area contributed by atoms with Crippen LogP contribution in [0.3, 0.4) is 0 Å². The highest BCUT2D eigenvalue weighted by atomic mass is 19.1. The van der Waals surface area contributed by atoms with Crippen LogP contribution in [0.1, 0.15) is 24.1 Å². The maximum atomic E-state index is 13.2. The molecule has 0 saturated heterocycles. The molecule has 0 bridgehead atoms. The largest absolute Gasteiger partial charge is 0.503 e. The van der Waals surface area contributed by atoms with Crippen LogP contribution in [-0.2, 0) is 9.59 Å². The van der Waals surface area contributed by atoms with Crippen LogP contribution in [0.5, 0.6) is 0 Å². The first-order valence-electron chi connectivity index (χ1n) is 7.50. The highest BCUT2D eigenvalue weighted by Gasteiger charge is 2.43. The molecule has 0 spiro atoms. The lowest BCUT2D eigenvalue weighted by Crippen LogP contribution is -2.31. The Hall–Kier alpha value is -2.95. The van der Waals surface area contributed by atoms with Crippen molar-refractivity contribution in [1.82, 2.24) is 0 Å². The van der Waals surface area contributed by atoms with Crippen molar-refractivity contribution in [2.75, 3.05) is 4.90 Å². The van der Waals surface area contributed by atoms with Gasteiger partial charge < -0.3 is 5.11 Å². The molecule has 3 rings (SSSR count). The summed E-state index contributed by atoms with van der Waals surface area (Å²) >= 11 is 0. The van der Waals surface area contributed by atoms with Gasteiger partial charge in [-0.2, -0.15) is 0 Å². The van der Waals surface area contributed by atoms with Crippen molar-refractivity contribution in [1.29, 1.82) is 0 Å². The van der Waals surface area contributed by atoms with E-state index in [4.69, 9.17) is 0 Å². The molecule has 2 aromatic rings. The Morgan fingerprint density at radius 2 is 1.75 bits per heavy atom. The van der Waals surface area contributed by atoms with Crippen molar-refractivity contribution in [3.63, 3.8) is 0 Å². The van der Waals surface area contributed by atoms with E-state index in [0.717, 1.165) is 11.1 Å². The Balaban J connectivity index is 2.21. The molecule has 1 N–H and O–H groups in total. The third-order valence-corrected chi connectivity index (χ3v) is 4.18. The van der Waals surface area contributed by atoms with E-state index < -0.39 is 23.5 Å². The number of benzene rings is 2. The van der Waals surface area contributed by atoms with Gasteiger partial charge in [0.15, 0.2) is 11.5 Å². The first-order chi connectivity index (χ1) is 11.4. The quantitative estimate of drug-likeness (QED) is 0.937. The zero-order valence-corrected chi connectivity index (χ0v) is 13.3. The number of hydrogen-bond donors (Lipinski definition) is 1. The summed E-state index contributed by atoms with van der Waals surface area (Å²) in [5, 5.41) is 10.2. The first-order valence-corrected chi connectivity index (χ1v) is 7.50. The van der Waals surface area contributed by atoms with Crippen LogP contribution in [-0.4, -0.2) is 16.8 Å². The standard InChI is InChI=1S/C19H16FNO3/c1-11-5-3-4-6-15(11)17-16(12(2)22)18(23)19(24)21(17)14-9-7-13(20)8-10-14/h3-10,17,23H,1-2H3. The molecule has 0 aromatic heterocycles. The molecule has 1 amide bonds. The van der Waals surface area contributed by atoms with Gasteiger partial charge in [-0.05, 0) is 49.2 Å². The average Bonchev–Trinajstić information content (AvgIpc) is 2.81. The number of aliphatic hydroxyl groups excluding tert-OH is 1. The van der Waals surface area contributed by atoms with Gasteiger partial charge >= 0.3 is 0 Å². The topological polar surface area (TPSA) is 57.6 Å². The molecule has 1 aliphatic rings. The van der Waals surface area contributed by atoms with E-state index in [-0.39, 0.29) is 11.4 Å². The number of ketones is 1. The summed E-state index contributed by atoms with van der Waals surface area (Å²) in [6.45, 7) is 3.19. The Kier molecular flexibility index (Phi) is 3.93. The molecule has 24 heavy (non-hydrogen) atoms. The van der Waals surface area contributed by atoms with Crippen LogP contribution in [0.2, 0.25) is 0 Å². The van der Waals surface area contributed by atoms with E-state index in [9.17, 15) is 19.1 Å². The molecule has 1 atom stereocenters. The summed E-state index contributed by atoms with van der Waals surface area (Å²) in [5.74, 6) is -2.03. The van der Waals surface area contributed by atoms with Crippen molar-refractivity contribution in [2.24, 2.45) is 0 Å². The molecule has 2 aromatic carbocycles. The number of rotatable bonds is 3. The monoisotopic (exact) mass is 325 g/mol. The second-order valence-electron chi connectivity index (χ2n) is 5.73. The minimum Gasteiger partial charge on any atom is -0.503 e. The third kappa shape index (κ3) is 2.48. The zero-order chi connectivity index (χ0) is 17.4. The predicted octanol–water partition coefficient (Wildman–Crippen LogP) is 3.62. The van der Waals surface area contributed by atoms with Crippen LogP contribution in [0.25, 0.3) is 0 Å². The fourth-order valence-electron chi connectivity index (χ4n) is 3.02. The van der Waals surface area contributed by atoms with Crippen molar-refractivity contribution in [3.05, 3.63) is 76.8 Å². The summed E-state index contributed by atoms with van der Waals surface area (Å²) in [4.78, 5) is 26.0. The van der Waals surface area contributed by atoms with E-state index in [1.165, 1.54) is 36.1 Å². The number of Topliss-reactive ketones (excluding diaryl/α,β-unsaturated/α-hetero) is 1. The Morgan fingerprint density at radius 3 is 2.33 bits per heavy atom. The number of anilines is 1. The highest BCUT2D eigenvalue weighted by molar-refractivity contribution is 6.16. The Bertz CT molecular complexity index is 855. The van der Waals surface area contributed by atoms with E-state index >= 15 is 0 Å². The van der Waals surface area contributed by atoms with E-state index in [2.05, 4.69) is 0 Å². The summed E-state index contributed by atoms with van der Waals surface area (Å²) in [7, 11) is 0. The SMILES string of the molecule is CC(=O)C1=C(O)C(=O)N(c2ccc(F)cc2)C1c1ccccc1C. The maximum absolute atomic E-state index is 13.2. The van der Waals surface area contributed by atoms with Gasteiger partial charge in [0.2, 0.25) is 0 Å². The molecule has 1 unspecified atom stereocenters. The zero-order valence-electron chi connectivity index (χ0n) is 13.3. The van der Waals surface area contributed by atoms with Crippen LogP contribution in [0.4, 0.5) is 10.1 Å². The second-order valence-corrected chi connectivity index (χ2v) is 5.73. The molecule has 0 saturated carbocycles. The third-order valence-electron chi connectivity index (χ3n) is 4.18. The van der Waals surface area contributed by atoms with Gasteiger partial charge in [-0.25, -0.2) is 4.39 Å². The molecule has 0 aliphatic carbocycles. The lowest BCUT2D eigenvalue weighted by Gasteiger charge is -2.27. The molecule has 1 aliphatic heterocycles. The Labute approximate surface area is 138 Å². The molecule has 0 radical (unpaired) electrons. The van der Waals surface area contributed by atoms with Gasteiger partial charge in [-0.1, -0.05) is 24.3 Å². The number of nitrogens with zero attached hydrogens (tertiary/aromatic N) is 1. The summed E-state index contributed by atoms with van der Waals surface area (Å²) in [6, 6.07) is 12.0. The number of halogens is 1. The first kappa shape index (κ1) is 15.9. The molecule has 5 heteroatoms. The van der Waals surface area contributed by atoms with Gasteiger partial charge in [0.05, 0.1) is 11.6 Å². The van der Waals surface area contributed by atoms with Crippen LogP contribution in [0.15, 0.2) is 59.9 Å². The average molecular weight is 325 g/mol. The molecular formula is C19H16FNO3. The summed E-state index contributed by atoms with van der Waals surface area (Å²) in [5.41, 5.74) is 2.09. The van der Waals surface area contributed by atoms with E-state index in [1.807, 2.05) is 31.2 Å². The summed E-state index contributed by atoms with van der Waals surface area (Å²) in [6.07, 6.45) is 0. The van der Waals surface area contributed by atoms with Crippen LogP contribution < -0.4 is 4.90 Å². The van der Waals surface area contributed by atoms with Crippen molar-refractivity contribution < 1.29 is 19.1 Å². The van der Waals surface area contributed by atoms with Crippen LogP contribution in [0, 0.1) is 12.7 Å². The fraction of sp³-hybridized carbons (Fsp3) is 0.158. The number of carbonyl (C=O) groups is 2. The lowest BCUT2D eigenvalue weighted by molar-refractivity contribution is -0.117. The predicted molar refractivity (Wildman–Crippen MR) is 88.1 cm³/mol. The van der Waals surface area contributed by atoms with E-state index in [0.29, 0.717) is 5.69 Å². The fourth-order valence-corrected chi connectivity index (χ4v) is 3.02. The van der Waals surface area contributed by atoms with Gasteiger partial charge in [0.1, 0.15) is 5.82 Å². The molecule has 1 heterocycles. The number of carbonyl (C=O) groups excluding carboxylic acids is 2. The van der Waals surface area contributed by atoms with Gasteiger partial charge in [-0.3, -0.25) is 14.5 Å². The summed E-state index contributed by atoms with van der Waals surface area (Å²) < 4.78 is 13.2. The lowest BCUT2D eigenvalue weighted by atomic mass is 9.93. The Morgan fingerprint density at radius 1 is 1.12 bits per heavy atom. The smallest absolute Gasteiger partial charge is 0.294 e. The highest BCUT2D eigenvalue weighted by Crippen LogP contribution is 2.41. The van der Waals surface area contributed by atoms with E-state index in [1.54, 1.807) is 0 Å². The van der Waals surface area contributed by atoms with Crippen molar-refractivity contribution >= 4 is 17.4 Å². The maximum Gasteiger partial charge on any atom is 0.294 e. The minimum atomic E-state index is -0.735. The molecular weight excluding hydrogens is 309 g/mol. The van der Waals surface area contributed by atoms with Crippen LogP contribution >= 0.6 is 0 Å². The second kappa shape index (κ2) is 5.92. The molecule has 122 valence electrons. The minimum absolute atomic E-state index is 0.0543. The van der Waals surface area contributed by atoms with Crippen molar-refractivity contribution in [3.8, 4) is 0 Å². The molecule has 4 nitrogen and oxygen atoms in total. The normalized spacial score (nSPS) is 17.5. The number of aliphatic hydroxyl groups is 1. The number of hydrogen-bond acceptors (Lipinski definition) is 3. The molecule has 0 fully saturated rings. The number of aryl methyl sites for hydroxylation is 1.